The molecule has 192 valence electrons. The number of nitrogens with one attached hydrogen (secondary N) is 2. The monoisotopic (exact) mass is 493 g/mol. The molecule has 2 aromatic rings. The summed E-state index contributed by atoms with van der Waals surface area (Å²) in [6, 6.07) is 14.7. The largest absolute Gasteiger partial charge is 0.495 e. The van der Waals surface area contributed by atoms with Gasteiger partial charge in [-0.1, -0.05) is 37.3 Å². The van der Waals surface area contributed by atoms with E-state index in [1.165, 1.54) is 0 Å². The summed E-state index contributed by atoms with van der Waals surface area (Å²) in [6.45, 7) is 6.04. The maximum absolute atomic E-state index is 13.3. The molecule has 0 radical (unpaired) electrons. The summed E-state index contributed by atoms with van der Waals surface area (Å²) < 4.78 is 5.49. The molecule has 0 spiro atoms. The lowest BCUT2D eigenvalue weighted by molar-refractivity contribution is -0.145. The molecule has 9 heteroatoms. The number of ether oxygens (including phenoxy) is 1. The van der Waals surface area contributed by atoms with Gasteiger partial charge >= 0.3 is 0 Å². The van der Waals surface area contributed by atoms with Crippen LogP contribution >= 0.6 is 0 Å². The van der Waals surface area contributed by atoms with Crippen LogP contribution in [0.3, 0.4) is 0 Å². The highest BCUT2D eigenvalue weighted by Crippen LogP contribution is 2.28. The van der Waals surface area contributed by atoms with Crippen molar-refractivity contribution in [1.82, 2.24) is 15.1 Å². The Kier molecular flexibility index (Phi) is 8.43. The molecule has 2 heterocycles. The number of carbonyl (C=O) groups excluding carboxylic acids is 3. The quantitative estimate of drug-likeness (QED) is 0.582. The van der Waals surface area contributed by atoms with Gasteiger partial charge < -0.3 is 25.2 Å². The van der Waals surface area contributed by atoms with Gasteiger partial charge in [0.25, 0.3) is 0 Å². The number of carbonyl (C=O) groups is 3. The minimum absolute atomic E-state index is 0.0722. The average molecular weight is 494 g/mol. The van der Waals surface area contributed by atoms with Gasteiger partial charge in [-0.2, -0.15) is 0 Å². The van der Waals surface area contributed by atoms with Crippen LogP contribution in [0.2, 0.25) is 0 Å². The van der Waals surface area contributed by atoms with Crippen molar-refractivity contribution in [2.75, 3.05) is 63.1 Å². The zero-order valence-electron chi connectivity index (χ0n) is 21.0. The predicted octanol–water partition coefficient (Wildman–Crippen LogP) is 1.74. The summed E-state index contributed by atoms with van der Waals surface area (Å²) in [6.07, 6.45) is 0.715. The van der Waals surface area contributed by atoms with E-state index in [0.29, 0.717) is 13.1 Å². The number of hydrogen-bond donors (Lipinski definition) is 2. The molecule has 9 nitrogen and oxygen atoms in total. The second-order valence-electron chi connectivity index (χ2n) is 9.09. The van der Waals surface area contributed by atoms with E-state index in [1.807, 2.05) is 55.5 Å². The van der Waals surface area contributed by atoms with Crippen LogP contribution in [0, 0.1) is 0 Å². The molecule has 0 unspecified atom stereocenters. The standard InChI is InChI=1S/C27H35N5O4/c1-3-20-8-4-5-9-21(20)29-25(33)18-23-27(35)28-12-13-32(23)26(34)19-30-14-16-31(17-15-30)22-10-6-7-11-24(22)36-2/h4-11,23H,3,12-19H2,1-2H3,(H,28,35)(H,29,33)/t23-/m0/s1. The molecule has 0 aromatic heterocycles. The van der Waals surface area contributed by atoms with Crippen LogP contribution < -0.4 is 20.3 Å². The van der Waals surface area contributed by atoms with Gasteiger partial charge in [-0.05, 0) is 30.2 Å². The van der Waals surface area contributed by atoms with Crippen molar-refractivity contribution in [3.8, 4) is 5.75 Å². The van der Waals surface area contributed by atoms with Crippen molar-refractivity contribution in [2.45, 2.75) is 25.8 Å². The van der Waals surface area contributed by atoms with Crippen molar-refractivity contribution in [3.63, 3.8) is 0 Å². The third-order valence-electron chi connectivity index (χ3n) is 6.86. The van der Waals surface area contributed by atoms with Crippen molar-refractivity contribution in [3.05, 3.63) is 54.1 Å². The Morgan fingerprint density at radius 3 is 2.50 bits per heavy atom. The highest BCUT2D eigenvalue weighted by molar-refractivity contribution is 5.98. The number of nitrogens with zero attached hydrogens (tertiary/aromatic N) is 3. The van der Waals surface area contributed by atoms with Crippen LogP contribution in [0.4, 0.5) is 11.4 Å². The van der Waals surface area contributed by atoms with Gasteiger partial charge in [0.1, 0.15) is 11.8 Å². The van der Waals surface area contributed by atoms with E-state index in [-0.39, 0.29) is 30.7 Å². The van der Waals surface area contributed by atoms with E-state index in [4.69, 9.17) is 4.74 Å². The number of amides is 3. The fourth-order valence-corrected chi connectivity index (χ4v) is 4.86. The number of anilines is 2. The molecular weight excluding hydrogens is 458 g/mol. The molecule has 2 saturated heterocycles. The number of para-hydroxylation sites is 3. The molecule has 2 aliphatic rings. The normalized spacial score (nSPS) is 18.5. The molecule has 36 heavy (non-hydrogen) atoms. The maximum Gasteiger partial charge on any atom is 0.243 e. The Labute approximate surface area is 212 Å². The summed E-state index contributed by atoms with van der Waals surface area (Å²) in [7, 11) is 1.67. The molecule has 1 atom stereocenters. The molecule has 2 N–H and O–H groups in total. The maximum atomic E-state index is 13.3. The fraction of sp³-hybridized carbons (Fsp3) is 0.444. The van der Waals surface area contributed by atoms with Crippen molar-refractivity contribution < 1.29 is 19.1 Å². The Bertz CT molecular complexity index is 1080. The van der Waals surface area contributed by atoms with Crippen LogP contribution in [0.25, 0.3) is 0 Å². The first-order valence-electron chi connectivity index (χ1n) is 12.6. The number of aryl methyl sites for hydroxylation is 1. The Hall–Kier alpha value is -3.59. The van der Waals surface area contributed by atoms with E-state index in [9.17, 15) is 14.4 Å². The van der Waals surface area contributed by atoms with E-state index >= 15 is 0 Å². The molecule has 2 aliphatic heterocycles. The van der Waals surface area contributed by atoms with E-state index in [1.54, 1.807) is 12.0 Å². The third-order valence-corrected chi connectivity index (χ3v) is 6.86. The summed E-state index contributed by atoms with van der Waals surface area (Å²) in [5.74, 6) is 0.155. The average Bonchev–Trinajstić information content (AvgIpc) is 2.90. The minimum Gasteiger partial charge on any atom is -0.495 e. The number of benzene rings is 2. The molecule has 2 fully saturated rings. The minimum atomic E-state index is -0.810. The molecule has 0 aliphatic carbocycles. The SMILES string of the molecule is CCc1ccccc1NC(=O)C[C@H]1C(=O)NCCN1C(=O)CN1CCN(c2ccccc2OC)CC1. The molecule has 0 bridgehead atoms. The summed E-state index contributed by atoms with van der Waals surface area (Å²) in [5.41, 5.74) is 2.82. The van der Waals surface area contributed by atoms with Crippen LogP contribution in [-0.4, -0.2) is 86.5 Å². The van der Waals surface area contributed by atoms with Crippen LogP contribution in [-0.2, 0) is 20.8 Å². The highest BCUT2D eigenvalue weighted by Gasteiger charge is 2.35. The lowest BCUT2D eigenvalue weighted by Crippen LogP contribution is -2.60. The van der Waals surface area contributed by atoms with E-state index < -0.39 is 6.04 Å². The first kappa shape index (κ1) is 25.5. The number of rotatable bonds is 8. The Morgan fingerprint density at radius 1 is 1.03 bits per heavy atom. The predicted molar refractivity (Wildman–Crippen MR) is 139 cm³/mol. The molecular formula is C27H35N5O4. The lowest BCUT2D eigenvalue weighted by atomic mass is 10.1. The second kappa shape index (κ2) is 11.9. The number of methoxy groups -OCH3 is 1. The van der Waals surface area contributed by atoms with Gasteiger partial charge in [0.05, 0.1) is 25.8 Å². The van der Waals surface area contributed by atoms with Gasteiger partial charge in [0.2, 0.25) is 17.7 Å². The Morgan fingerprint density at radius 2 is 1.75 bits per heavy atom. The molecule has 4 rings (SSSR count). The van der Waals surface area contributed by atoms with Crippen LogP contribution in [0.1, 0.15) is 18.9 Å². The van der Waals surface area contributed by atoms with Crippen LogP contribution in [0.15, 0.2) is 48.5 Å². The first-order valence-corrected chi connectivity index (χ1v) is 12.6. The number of hydrogen-bond acceptors (Lipinski definition) is 6. The van der Waals surface area contributed by atoms with Gasteiger partial charge in [0.15, 0.2) is 0 Å². The van der Waals surface area contributed by atoms with E-state index in [2.05, 4.69) is 20.4 Å². The van der Waals surface area contributed by atoms with Gasteiger partial charge in [-0.15, -0.1) is 0 Å². The fourth-order valence-electron chi connectivity index (χ4n) is 4.86. The Balaban J connectivity index is 1.34. The van der Waals surface area contributed by atoms with Gasteiger partial charge in [-0.3, -0.25) is 19.3 Å². The first-order chi connectivity index (χ1) is 17.5. The van der Waals surface area contributed by atoms with Crippen molar-refractivity contribution in [1.29, 1.82) is 0 Å². The zero-order valence-corrected chi connectivity index (χ0v) is 21.0. The van der Waals surface area contributed by atoms with Crippen molar-refractivity contribution in [2.24, 2.45) is 0 Å². The summed E-state index contributed by atoms with van der Waals surface area (Å²) >= 11 is 0. The van der Waals surface area contributed by atoms with Gasteiger partial charge in [0, 0.05) is 45.0 Å². The second-order valence-corrected chi connectivity index (χ2v) is 9.09. The molecule has 2 aromatic carbocycles. The number of piperazine rings is 2. The lowest BCUT2D eigenvalue weighted by Gasteiger charge is -2.39. The van der Waals surface area contributed by atoms with E-state index in [0.717, 1.165) is 55.3 Å². The summed E-state index contributed by atoms with van der Waals surface area (Å²) in [4.78, 5) is 44.7. The topological polar surface area (TPSA) is 94.2 Å². The molecule has 3 amide bonds. The summed E-state index contributed by atoms with van der Waals surface area (Å²) in [5, 5.41) is 5.72. The molecule has 0 saturated carbocycles. The smallest absolute Gasteiger partial charge is 0.243 e. The highest BCUT2D eigenvalue weighted by atomic mass is 16.5. The van der Waals surface area contributed by atoms with Crippen LogP contribution in [0.5, 0.6) is 5.75 Å². The third kappa shape index (κ3) is 5.96. The van der Waals surface area contributed by atoms with Gasteiger partial charge in [-0.25, -0.2) is 0 Å². The van der Waals surface area contributed by atoms with Crippen molar-refractivity contribution >= 4 is 29.1 Å². The zero-order chi connectivity index (χ0) is 25.5.